The van der Waals surface area contributed by atoms with Gasteiger partial charge in [-0.1, -0.05) is 18.6 Å². The number of piperidine rings is 1. The maximum atomic E-state index is 13.5. The highest BCUT2D eigenvalue weighted by Gasteiger charge is 2.22. The summed E-state index contributed by atoms with van der Waals surface area (Å²) >= 11 is 0. The number of furan rings is 1. The highest BCUT2D eigenvalue weighted by atomic mass is 19.1. The summed E-state index contributed by atoms with van der Waals surface area (Å²) in [7, 11) is 0. The van der Waals surface area contributed by atoms with E-state index in [-0.39, 0.29) is 34.8 Å². The molecule has 0 aliphatic carbocycles. The summed E-state index contributed by atoms with van der Waals surface area (Å²) in [6.45, 7) is 5.68. The number of pyridine rings is 1. The Morgan fingerprint density at radius 1 is 1.19 bits per heavy atom. The van der Waals surface area contributed by atoms with Crippen molar-refractivity contribution in [3.8, 4) is 0 Å². The van der Waals surface area contributed by atoms with E-state index in [0.717, 1.165) is 26.1 Å². The Hall–Kier alpha value is -2.93. The minimum atomic E-state index is -0.351. The summed E-state index contributed by atoms with van der Waals surface area (Å²) in [6, 6.07) is 7.81. The van der Waals surface area contributed by atoms with Gasteiger partial charge in [-0.2, -0.15) is 0 Å². The van der Waals surface area contributed by atoms with Crippen LogP contribution in [-0.4, -0.2) is 41.6 Å². The molecule has 1 aliphatic heterocycles. The fourth-order valence-electron chi connectivity index (χ4n) is 4.27. The lowest BCUT2D eigenvalue weighted by Gasteiger charge is -2.26. The molecule has 0 spiro atoms. The van der Waals surface area contributed by atoms with Gasteiger partial charge in [-0.15, -0.1) is 0 Å². The van der Waals surface area contributed by atoms with Crippen LogP contribution in [0, 0.1) is 12.7 Å². The summed E-state index contributed by atoms with van der Waals surface area (Å²) in [5.74, 6) is -0.227. The Bertz CT molecular complexity index is 1130. The lowest BCUT2D eigenvalue weighted by molar-refractivity contribution is 0.0951. The number of likely N-dealkylation sites (tertiary alicyclic amines) is 1. The Labute approximate surface area is 180 Å². The molecular formula is C24H28FN3O3. The van der Waals surface area contributed by atoms with Crippen molar-refractivity contribution in [3.63, 3.8) is 0 Å². The summed E-state index contributed by atoms with van der Waals surface area (Å²) in [4.78, 5) is 28.4. The first-order valence-corrected chi connectivity index (χ1v) is 10.9. The molecule has 1 N–H and O–H groups in total. The van der Waals surface area contributed by atoms with Gasteiger partial charge in [-0.25, -0.2) is 4.39 Å². The Balaban J connectivity index is 1.49. The molecular weight excluding hydrogens is 397 g/mol. The van der Waals surface area contributed by atoms with E-state index in [9.17, 15) is 14.0 Å². The van der Waals surface area contributed by atoms with Crippen LogP contribution in [0.25, 0.3) is 11.0 Å². The average molecular weight is 426 g/mol. The normalized spacial score (nSPS) is 14.8. The second-order valence-electron chi connectivity index (χ2n) is 8.16. The molecule has 1 aliphatic rings. The lowest BCUT2D eigenvalue weighted by Crippen LogP contribution is -2.33. The molecule has 1 amide bonds. The minimum absolute atomic E-state index is 0.216. The lowest BCUT2D eigenvalue weighted by atomic mass is 10.1. The van der Waals surface area contributed by atoms with Crippen molar-refractivity contribution in [3.05, 3.63) is 69.6 Å². The second kappa shape index (κ2) is 9.47. The molecule has 7 heteroatoms. The van der Waals surface area contributed by atoms with Crippen molar-refractivity contribution in [2.75, 3.05) is 26.2 Å². The molecule has 3 heterocycles. The molecule has 0 bridgehead atoms. The first-order valence-electron chi connectivity index (χ1n) is 10.9. The van der Waals surface area contributed by atoms with Crippen LogP contribution >= 0.6 is 0 Å². The number of nitrogens with zero attached hydrogens (tertiary/aromatic N) is 2. The standard InChI is InChI=1S/C24H28FN3O3/c1-17-21(23(29)26-10-6-13-27-11-3-2-4-12-27)22-20(31-17)9-14-28(24(22)30)16-18-7-5-8-19(25)15-18/h5,7-9,14-15H,2-4,6,10-13,16H2,1H3,(H,26,29). The van der Waals surface area contributed by atoms with Gasteiger partial charge in [0.25, 0.3) is 11.5 Å². The smallest absolute Gasteiger partial charge is 0.262 e. The number of hydrogen-bond acceptors (Lipinski definition) is 4. The van der Waals surface area contributed by atoms with Crippen molar-refractivity contribution in [1.29, 1.82) is 0 Å². The predicted molar refractivity (Wildman–Crippen MR) is 118 cm³/mol. The van der Waals surface area contributed by atoms with E-state index in [2.05, 4.69) is 10.2 Å². The molecule has 31 heavy (non-hydrogen) atoms. The number of halogens is 1. The van der Waals surface area contributed by atoms with Gasteiger partial charge >= 0.3 is 0 Å². The van der Waals surface area contributed by atoms with Gasteiger partial charge in [0.05, 0.1) is 17.5 Å². The number of amides is 1. The molecule has 0 saturated carbocycles. The van der Waals surface area contributed by atoms with Crippen LogP contribution in [0.1, 0.15) is 47.4 Å². The zero-order valence-corrected chi connectivity index (χ0v) is 17.8. The number of fused-ring (bicyclic) bond motifs is 1. The molecule has 6 nitrogen and oxygen atoms in total. The van der Waals surface area contributed by atoms with E-state index in [4.69, 9.17) is 4.42 Å². The number of hydrogen-bond donors (Lipinski definition) is 1. The van der Waals surface area contributed by atoms with Gasteiger partial charge in [-0.3, -0.25) is 9.59 Å². The Morgan fingerprint density at radius 3 is 2.77 bits per heavy atom. The largest absolute Gasteiger partial charge is 0.460 e. The first-order chi connectivity index (χ1) is 15.0. The van der Waals surface area contributed by atoms with Crippen LogP contribution in [0.5, 0.6) is 0 Å². The van der Waals surface area contributed by atoms with Crippen molar-refractivity contribution in [2.45, 2.75) is 39.2 Å². The second-order valence-corrected chi connectivity index (χ2v) is 8.16. The summed E-state index contributed by atoms with van der Waals surface area (Å²) < 4.78 is 20.7. The predicted octanol–water partition coefficient (Wildman–Crippen LogP) is 3.70. The molecule has 164 valence electrons. The van der Waals surface area contributed by atoms with E-state index < -0.39 is 0 Å². The SMILES string of the molecule is Cc1oc2ccn(Cc3cccc(F)c3)c(=O)c2c1C(=O)NCCCN1CCCCC1. The third kappa shape index (κ3) is 4.88. The van der Waals surface area contributed by atoms with E-state index >= 15 is 0 Å². The van der Waals surface area contributed by atoms with Crippen LogP contribution in [0.3, 0.4) is 0 Å². The maximum absolute atomic E-state index is 13.5. The van der Waals surface area contributed by atoms with Gasteiger partial charge < -0.3 is 19.2 Å². The van der Waals surface area contributed by atoms with Gasteiger partial charge in [0.2, 0.25) is 0 Å². The fourth-order valence-corrected chi connectivity index (χ4v) is 4.27. The van der Waals surface area contributed by atoms with E-state index in [1.54, 1.807) is 31.3 Å². The zero-order chi connectivity index (χ0) is 21.8. The maximum Gasteiger partial charge on any atom is 0.262 e. The first kappa shape index (κ1) is 21.3. The van der Waals surface area contributed by atoms with E-state index in [1.165, 1.54) is 36.0 Å². The van der Waals surface area contributed by atoms with Crippen LogP contribution in [-0.2, 0) is 6.54 Å². The van der Waals surface area contributed by atoms with E-state index in [1.807, 2.05) is 0 Å². The van der Waals surface area contributed by atoms with Crippen molar-refractivity contribution < 1.29 is 13.6 Å². The number of aryl methyl sites for hydroxylation is 1. The zero-order valence-electron chi connectivity index (χ0n) is 17.8. The van der Waals surface area contributed by atoms with Gasteiger partial charge in [-0.05, 0) is 69.6 Å². The minimum Gasteiger partial charge on any atom is -0.460 e. The van der Waals surface area contributed by atoms with E-state index in [0.29, 0.717) is 23.5 Å². The number of benzene rings is 1. The summed E-state index contributed by atoms with van der Waals surface area (Å²) in [6.07, 6.45) is 6.27. The van der Waals surface area contributed by atoms with Crippen molar-refractivity contribution in [2.24, 2.45) is 0 Å². The van der Waals surface area contributed by atoms with Gasteiger partial charge in [0.15, 0.2) is 0 Å². The monoisotopic (exact) mass is 425 g/mol. The topological polar surface area (TPSA) is 67.5 Å². The van der Waals surface area contributed by atoms with Crippen LogP contribution in [0.4, 0.5) is 4.39 Å². The quantitative estimate of drug-likeness (QED) is 0.586. The Morgan fingerprint density at radius 2 is 2.00 bits per heavy atom. The number of aromatic nitrogens is 1. The number of nitrogens with one attached hydrogen (secondary N) is 1. The van der Waals surface area contributed by atoms with Crippen molar-refractivity contribution in [1.82, 2.24) is 14.8 Å². The molecule has 1 saturated heterocycles. The van der Waals surface area contributed by atoms with Gasteiger partial charge in [0, 0.05) is 12.7 Å². The summed E-state index contributed by atoms with van der Waals surface area (Å²) in [5.41, 5.74) is 1.02. The molecule has 0 unspecified atom stereocenters. The summed E-state index contributed by atoms with van der Waals surface area (Å²) in [5, 5.41) is 3.21. The molecule has 3 aromatic rings. The average Bonchev–Trinajstić information content (AvgIpc) is 3.11. The number of carbonyl (C=O) groups is 1. The number of rotatable bonds is 7. The van der Waals surface area contributed by atoms with Crippen molar-refractivity contribution >= 4 is 16.9 Å². The van der Waals surface area contributed by atoms with Crippen LogP contribution in [0.15, 0.2) is 45.7 Å². The third-order valence-electron chi connectivity index (χ3n) is 5.85. The molecule has 0 atom stereocenters. The molecule has 1 aromatic carbocycles. The van der Waals surface area contributed by atoms with Gasteiger partial charge in [0.1, 0.15) is 17.2 Å². The molecule has 4 rings (SSSR count). The molecule has 0 radical (unpaired) electrons. The highest BCUT2D eigenvalue weighted by molar-refractivity contribution is 6.06. The number of carbonyl (C=O) groups excluding carboxylic acids is 1. The Kier molecular flexibility index (Phi) is 6.51. The van der Waals surface area contributed by atoms with Crippen LogP contribution < -0.4 is 10.9 Å². The third-order valence-corrected chi connectivity index (χ3v) is 5.85. The van der Waals surface area contributed by atoms with Crippen LogP contribution in [0.2, 0.25) is 0 Å². The highest BCUT2D eigenvalue weighted by Crippen LogP contribution is 2.22. The fraction of sp³-hybridized carbons (Fsp3) is 0.417. The molecule has 2 aromatic heterocycles. The molecule has 1 fully saturated rings.